The van der Waals surface area contributed by atoms with E-state index in [0.717, 1.165) is 11.1 Å². The summed E-state index contributed by atoms with van der Waals surface area (Å²) in [4.78, 5) is 0. The SMILES string of the molecule is CNCc1cc(C)ccc1Oc1ccc(Cl)c(F)c1. The number of hydrogen-bond acceptors (Lipinski definition) is 2. The summed E-state index contributed by atoms with van der Waals surface area (Å²) >= 11 is 5.64. The Hall–Kier alpha value is -1.58. The number of hydrogen-bond donors (Lipinski definition) is 1. The lowest BCUT2D eigenvalue weighted by Crippen LogP contribution is -2.06. The molecule has 0 fully saturated rings. The number of ether oxygens (including phenoxy) is 1. The van der Waals surface area contributed by atoms with Gasteiger partial charge in [-0.3, -0.25) is 0 Å². The fourth-order valence-electron chi connectivity index (χ4n) is 1.80. The molecule has 0 amide bonds. The van der Waals surface area contributed by atoms with Crippen LogP contribution in [0.25, 0.3) is 0 Å². The summed E-state index contributed by atoms with van der Waals surface area (Å²) in [6, 6.07) is 10.3. The third-order valence-electron chi connectivity index (χ3n) is 2.70. The summed E-state index contributed by atoms with van der Waals surface area (Å²) in [6.45, 7) is 2.71. The molecule has 0 aliphatic carbocycles. The molecule has 0 aliphatic heterocycles. The molecule has 0 radical (unpaired) electrons. The Labute approximate surface area is 117 Å². The Morgan fingerprint density at radius 1 is 1.21 bits per heavy atom. The van der Waals surface area contributed by atoms with Gasteiger partial charge in [-0.2, -0.15) is 0 Å². The molecule has 1 N–H and O–H groups in total. The summed E-state index contributed by atoms with van der Waals surface area (Å²) in [5.74, 6) is 0.659. The smallest absolute Gasteiger partial charge is 0.145 e. The first-order chi connectivity index (χ1) is 9.10. The molecule has 0 aliphatic rings. The van der Waals surface area contributed by atoms with E-state index in [0.29, 0.717) is 18.0 Å². The largest absolute Gasteiger partial charge is 0.457 e. The predicted molar refractivity (Wildman–Crippen MR) is 75.4 cm³/mol. The van der Waals surface area contributed by atoms with Gasteiger partial charge in [0, 0.05) is 18.2 Å². The minimum atomic E-state index is -0.485. The van der Waals surface area contributed by atoms with Gasteiger partial charge in [-0.15, -0.1) is 0 Å². The molecular formula is C15H15ClFNO. The third-order valence-corrected chi connectivity index (χ3v) is 3.01. The van der Waals surface area contributed by atoms with E-state index >= 15 is 0 Å². The Bertz CT molecular complexity index is 586. The summed E-state index contributed by atoms with van der Waals surface area (Å²) in [5.41, 5.74) is 2.18. The van der Waals surface area contributed by atoms with Gasteiger partial charge in [0.05, 0.1) is 5.02 Å². The van der Waals surface area contributed by atoms with Crippen molar-refractivity contribution in [3.63, 3.8) is 0 Å². The molecule has 0 bridgehead atoms. The molecule has 0 saturated carbocycles. The van der Waals surface area contributed by atoms with Crippen LogP contribution in [-0.4, -0.2) is 7.05 Å². The number of nitrogens with one attached hydrogen (secondary N) is 1. The fourth-order valence-corrected chi connectivity index (χ4v) is 1.92. The van der Waals surface area contributed by atoms with Gasteiger partial charge >= 0.3 is 0 Å². The molecule has 0 aromatic heterocycles. The molecule has 0 unspecified atom stereocenters. The Morgan fingerprint density at radius 2 is 2.00 bits per heavy atom. The molecule has 0 heterocycles. The molecule has 0 saturated heterocycles. The van der Waals surface area contributed by atoms with Crippen LogP contribution in [-0.2, 0) is 6.54 Å². The Balaban J connectivity index is 2.29. The third kappa shape index (κ3) is 3.46. The summed E-state index contributed by atoms with van der Waals surface area (Å²) in [5, 5.41) is 3.17. The van der Waals surface area contributed by atoms with Crippen molar-refractivity contribution in [2.24, 2.45) is 0 Å². The minimum Gasteiger partial charge on any atom is -0.457 e. The summed E-state index contributed by atoms with van der Waals surface area (Å²) in [6.07, 6.45) is 0. The quantitative estimate of drug-likeness (QED) is 0.901. The highest BCUT2D eigenvalue weighted by atomic mass is 35.5. The first kappa shape index (κ1) is 13.8. The van der Waals surface area contributed by atoms with Gasteiger partial charge in [0.2, 0.25) is 0 Å². The van der Waals surface area contributed by atoms with Crippen LogP contribution in [0.15, 0.2) is 36.4 Å². The van der Waals surface area contributed by atoms with Crippen molar-refractivity contribution in [3.8, 4) is 11.5 Å². The molecule has 2 nitrogen and oxygen atoms in total. The number of aryl methyl sites for hydroxylation is 1. The molecule has 2 rings (SSSR count). The van der Waals surface area contributed by atoms with Crippen molar-refractivity contribution in [3.05, 3.63) is 58.4 Å². The second-order valence-corrected chi connectivity index (χ2v) is 4.73. The number of halogens is 2. The van der Waals surface area contributed by atoms with Crippen molar-refractivity contribution >= 4 is 11.6 Å². The monoisotopic (exact) mass is 279 g/mol. The second kappa shape index (κ2) is 6.04. The maximum absolute atomic E-state index is 13.4. The van der Waals surface area contributed by atoms with Gasteiger partial charge < -0.3 is 10.1 Å². The van der Waals surface area contributed by atoms with Crippen molar-refractivity contribution in [2.45, 2.75) is 13.5 Å². The summed E-state index contributed by atoms with van der Waals surface area (Å²) in [7, 11) is 1.87. The van der Waals surface area contributed by atoms with Gasteiger partial charge in [-0.25, -0.2) is 4.39 Å². The van der Waals surface area contributed by atoms with Crippen LogP contribution in [0, 0.1) is 12.7 Å². The summed E-state index contributed by atoms with van der Waals surface area (Å²) < 4.78 is 19.1. The van der Waals surface area contributed by atoms with Crippen LogP contribution in [0.1, 0.15) is 11.1 Å². The van der Waals surface area contributed by atoms with Crippen LogP contribution in [0.4, 0.5) is 4.39 Å². The van der Waals surface area contributed by atoms with Gasteiger partial charge in [0.15, 0.2) is 0 Å². The lowest BCUT2D eigenvalue weighted by atomic mass is 10.1. The van der Waals surface area contributed by atoms with Gasteiger partial charge in [0.1, 0.15) is 17.3 Å². The second-order valence-electron chi connectivity index (χ2n) is 4.32. The van der Waals surface area contributed by atoms with Crippen molar-refractivity contribution in [1.82, 2.24) is 5.32 Å². The zero-order chi connectivity index (χ0) is 13.8. The topological polar surface area (TPSA) is 21.3 Å². The van der Waals surface area contributed by atoms with E-state index in [2.05, 4.69) is 5.32 Å². The van der Waals surface area contributed by atoms with E-state index in [1.807, 2.05) is 32.2 Å². The molecule has 4 heteroatoms. The minimum absolute atomic E-state index is 0.0895. The average Bonchev–Trinajstić information content (AvgIpc) is 2.37. The van der Waals surface area contributed by atoms with E-state index in [1.54, 1.807) is 6.07 Å². The van der Waals surface area contributed by atoms with Crippen LogP contribution in [0.3, 0.4) is 0 Å². The lowest BCUT2D eigenvalue weighted by Gasteiger charge is -2.12. The van der Waals surface area contributed by atoms with Crippen molar-refractivity contribution < 1.29 is 9.13 Å². The van der Waals surface area contributed by atoms with E-state index < -0.39 is 5.82 Å². The molecule has 19 heavy (non-hydrogen) atoms. The maximum atomic E-state index is 13.4. The molecular weight excluding hydrogens is 265 g/mol. The van der Waals surface area contributed by atoms with Gasteiger partial charge in [-0.1, -0.05) is 29.3 Å². The van der Waals surface area contributed by atoms with E-state index in [1.165, 1.54) is 12.1 Å². The Kier molecular flexibility index (Phi) is 4.40. The van der Waals surface area contributed by atoms with E-state index in [-0.39, 0.29) is 5.02 Å². The standard InChI is InChI=1S/C15H15ClFNO/c1-10-3-6-15(11(7-10)9-18-2)19-12-4-5-13(16)14(17)8-12/h3-8,18H,9H2,1-2H3. The molecule has 0 spiro atoms. The van der Waals surface area contributed by atoms with Crippen molar-refractivity contribution in [2.75, 3.05) is 7.05 Å². The zero-order valence-electron chi connectivity index (χ0n) is 10.8. The number of rotatable bonds is 4. The lowest BCUT2D eigenvalue weighted by molar-refractivity contribution is 0.469. The first-order valence-corrected chi connectivity index (χ1v) is 6.35. The zero-order valence-corrected chi connectivity index (χ0v) is 11.6. The molecule has 2 aromatic rings. The fraction of sp³-hybridized carbons (Fsp3) is 0.200. The average molecular weight is 280 g/mol. The molecule has 2 aromatic carbocycles. The predicted octanol–water partition coefficient (Wildman–Crippen LogP) is 4.30. The van der Waals surface area contributed by atoms with Crippen LogP contribution < -0.4 is 10.1 Å². The van der Waals surface area contributed by atoms with E-state index in [9.17, 15) is 4.39 Å². The molecule has 0 atom stereocenters. The maximum Gasteiger partial charge on any atom is 0.145 e. The van der Waals surface area contributed by atoms with Crippen LogP contribution >= 0.6 is 11.6 Å². The highest BCUT2D eigenvalue weighted by Crippen LogP contribution is 2.28. The number of benzene rings is 2. The Morgan fingerprint density at radius 3 is 2.68 bits per heavy atom. The molecule has 100 valence electrons. The van der Waals surface area contributed by atoms with E-state index in [4.69, 9.17) is 16.3 Å². The van der Waals surface area contributed by atoms with Gasteiger partial charge in [0.25, 0.3) is 0 Å². The van der Waals surface area contributed by atoms with Gasteiger partial charge in [-0.05, 0) is 32.2 Å². The highest BCUT2D eigenvalue weighted by molar-refractivity contribution is 6.30. The first-order valence-electron chi connectivity index (χ1n) is 5.97. The van der Waals surface area contributed by atoms with Crippen LogP contribution in [0.2, 0.25) is 5.02 Å². The normalized spacial score (nSPS) is 10.5. The van der Waals surface area contributed by atoms with Crippen LogP contribution in [0.5, 0.6) is 11.5 Å². The van der Waals surface area contributed by atoms with Crippen molar-refractivity contribution in [1.29, 1.82) is 0 Å². The highest BCUT2D eigenvalue weighted by Gasteiger charge is 2.07.